The van der Waals surface area contributed by atoms with E-state index in [-0.39, 0.29) is 0 Å². The summed E-state index contributed by atoms with van der Waals surface area (Å²) in [5.74, 6) is 1.50. The van der Waals surface area contributed by atoms with E-state index in [0.29, 0.717) is 10.8 Å². The summed E-state index contributed by atoms with van der Waals surface area (Å²) >= 11 is 9.76. The van der Waals surface area contributed by atoms with Crippen molar-refractivity contribution in [2.75, 3.05) is 6.54 Å². The average molecular weight is 369 g/mol. The van der Waals surface area contributed by atoms with E-state index in [1.807, 2.05) is 43.3 Å². The van der Waals surface area contributed by atoms with E-state index in [4.69, 9.17) is 16.3 Å². The van der Waals surface area contributed by atoms with Crippen molar-refractivity contribution in [3.05, 3.63) is 57.0 Å². The Balaban J connectivity index is 2.10. The van der Waals surface area contributed by atoms with Crippen LogP contribution in [0.2, 0.25) is 5.02 Å². The molecule has 0 aliphatic heterocycles. The zero-order valence-electron chi connectivity index (χ0n) is 12.2. The van der Waals surface area contributed by atoms with Gasteiger partial charge in [-0.2, -0.15) is 0 Å². The van der Waals surface area contributed by atoms with Gasteiger partial charge in [-0.3, -0.25) is 0 Å². The minimum atomic E-state index is 0.633. The Morgan fingerprint density at radius 2 is 1.90 bits per heavy atom. The van der Waals surface area contributed by atoms with Crippen molar-refractivity contribution in [3.8, 4) is 11.5 Å². The molecule has 0 aromatic heterocycles. The van der Waals surface area contributed by atoms with Crippen molar-refractivity contribution in [2.24, 2.45) is 0 Å². The first-order valence-electron chi connectivity index (χ1n) is 7.03. The van der Waals surface area contributed by atoms with Gasteiger partial charge in [0, 0.05) is 11.0 Å². The van der Waals surface area contributed by atoms with Gasteiger partial charge < -0.3 is 10.1 Å². The lowest BCUT2D eigenvalue weighted by Crippen LogP contribution is -2.13. The summed E-state index contributed by atoms with van der Waals surface area (Å²) in [5, 5.41) is 3.99. The van der Waals surface area contributed by atoms with Crippen LogP contribution in [0.25, 0.3) is 0 Å². The number of ether oxygens (including phenoxy) is 1. The fourth-order valence-corrected chi connectivity index (χ4v) is 2.71. The van der Waals surface area contributed by atoms with E-state index >= 15 is 0 Å². The van der Waals surface area contributed by atoms with Crippen molar-refractivity contribution in [1.29, 1.82) is 0 Å². The highest BCUT2D eigenvalue weighted by atomic mass is 79.9. The molecule has 0 radical (unpaired) electrons. The third-order valence-electron chi connectivity index (χ3n) is 3.11. The molecule has 0 unspecified atom stereocenters. The molecule has 0 bridgehead atoms. The molecule has 2 aromatic rings. The quantitative estimate of drug-likeness (QED) is 0.660. The molecule has 0 spiro atoms. The third kappa shape index (κ3) is 4.73. The topological polar surface area (TPSA) is 21.3 Å². The molecule has 0 aliphatic rings. The van der Waals surface area contributed by atoms with Gasteiger partial charge in [-0.25, -0.2) is 0 Å². The Morgan fingerprint density at radius 1 is 1.14 bits per heavy atom. The number of aryl methyl sites for hydroxylation is 1. The molecular formula is C17H19BrClNO. The Kier molecular flexibility index (Phi) is 6.09. The summed E-state index contributed by atoms with van der Waals surface area (Å²) < 4.78 is 6.94. The Morgan fingerprint density at radius 3 is 2.57 bits per heavy atom. The van der Waals surface area contributed by atoms with Crippen molar-refractivity contribution in [2.45, 2.75) is 26.8 Å². The molecule has 0 saturated heterocycles. The molecule has 0 amide bonds. The van der Waals surface area contributed by atoms with Gasteiger partial charge in [-0.05, 0) is 61.3 Å². The molecule has 0 saturated carbocycles. The van der Waals surface area contributed by atoms with Crippen LogP contribution in [-0.2, 0) is 6.54 Å². The first-order chi connectivity index (χ1) is 10.1. The lowest BCUT2D eigenvalue weighted by atomic mass is 10.2. The number of benzene rings is 2. The monoisotopic (exact) mass is 367 g/mol. The van der Waals surface area contributed by atoms with Crippen LogP contribution in [0.1, 0.15) is 24.5 Å². The van der Waals surface area contributed by atoms with E-state index < -0.39 is 0 Å². The van der Waals surface area contributed by atoms with Crippen LogP contribution in [0, 0.1) is 6.92 Å². The molecule has 0 aliphatic carbocycles. The second kappa shape index (κ2) is 7.83. The molecule has 2 rings (SSSR count). The van der Waals surface area contributed by atoms with Crippen LogP contribution < -0.4 is 10.1 Å². The highest BCUT2D eigenvalue weighted by Gasteiger charge is 2.07. The van der Waals surface area contributed by atoms with Gasteiger partial charge in [-0.15, -0.1) is 0 Å². The van der Waals surface area contributed by atoms with Crippen LogP contribution in [-0.4, -0.2) is 6.54 Å². The maximum absolute atomic E-state index is 6.31. The molecule has 2 nitrogen and oxygen atoms in total. The predicted octanol–water partition coefficient (Wildman–Crippen LogP) is 5.70. The summed E-state index contributed by atoms with van der Waals surface area (Å²) in [6.45, 7) is 5.99. The molecule has 0 atom stereocenters. The number of nitrogens with one attached hydrogen (secondary N) is 1. The van der Waals surface area contributed by atoms with E-state index in [2.05, 4.69) is 28.2 Å². The summed E-state index contributed by atoms with van der Waals surface area (Å²) in [6, 6.07) is 11.8. The summed E-state index contributed by atoms with van der Waals surface area (Å²) in [6.07, 6.45) is 1.12. The smallest absolute Gasteiger partial charge is 0.146 e. The molecule has 21 heavy (non-hydrogen) atoms. The summed E-state index contributed by atoms with van der Waals surface area (Å²) in [4.78, 5) is 0. The van der Waals surface area contributed by atoms with Crippen molar-refractivity contribution in [3.63, 3.8) is 0 Å². The second-order valence-corrected chi connectivity index (χ2v) is 6.28. The molecule has 0 heterocycles. The molecule has 0 fully saturated rings. The van der Waals surface area contributed by atoms with E-state index in [0.717, 1.165) is 40.9 Å². The number of hydrogen-bond acceptors (Lipinski definition) is 2. The van der Waals surface area contributed by atoms with Crippen LogP contribution >= 0.6 is 27.5 Å². The minimum absolute atomic E-state index is 0.633. The van der Waals surface area contributed by atoms with Gasteiger partial charge in [0.2, 0.25) is 0 Å². The zero-order valence-corrected chi connectivity index (χ0v) is 14.6. The molecule has 1 N–H and O–H groups in total. The van der Waals surface area contributed by atoms with Gasteiger partial charge in [-0.1, -0.05) is 40.5 Å². The van der Waals surface area contributed by atoms with Crippen molar-refractivity contribution in [1.82, 2.24) is 5.32 Å². The van der Waals surface area contributed by atoms with E-state index in [9.17, 15) is 0 Å². The van der Waals surface area contributed by atoms with E-state index in [1.54, 1.807) is 0 Å². The zero-order chi connectivity index (χ0) is 15.2. The first kappa shape index (κ1) is 16.3. The fraction of sp³-hybridized carbons (Fsp3) is 0.294. The first-order valence-corrected chi connectivity index (χ1v) is 8.20. The normalized spacial score (nSPS) is 10.7. The number of hydrogen-bond donors (Lipinski definition) is 1. The van der Waals surface area contributed by atoms with Gasteiger partial charge in [0.15, 0.2) is 0 Å². The third-order valence-corrected chi connectivity index (χ3v) is 3.90. The Hall–Kier alpha value is -1.03. The van der Waals surface area contributed by atoms with Crippen molar-refractivity contribution >= 4 is 27.5 Å². The lowest BCUT2D eigenvalue weighted by molar-refractivity contribution is 0.478. The Bertz CT molecular complexity index is 616. The highest BCUT2D eigenvalue weighted by Crippen LogP contribution is 2.32. The van der Waals surface area contributed by atoms with E-state index in [1.165, 1.54) is 0 Å². The standard InChI is InChI=1S/C17H19BrClNO/c1-3-8-20-11-13-4-6-17(15(19)10-13)21-16-7-5-14(18)9-12(16)2/h4-7,9-10,20H,3,8,11H2,1-2H3. The van der Waals surface area contributed by atoms with Crippen molar-refractivity contribution < 1.29 is 4.74 Å². The van der Waals surface area contributed by atoms with Gasteiger partial charge in [0.1, 0.15) is 11.5 Å². The average Bonchev–Trinajstić information content (AvgIpc) is 2.44. The Labute approximate surface area is 139 Å². The maximum atomic E-state index is 6.31. The molecule has 112 valence electrons. The fourth-order valence-electron chi connectivity index (χ4n) is 1.99. The molecule has 4 heteroatoms. The van der Waals surface area contributed by atoms with Crippen LogP contribution in [0.4, 0.5) is 0 Å². The number of halogens is 2. The van der Waals surface area contributed by atoms with Crippen LogP contribution in [0.15, 0.2) is 40.9 Å². The number of rotatable bonds is 6. The summed E-state index contributed by atoms with van der Waals surface area (Å²) in [5.41, 5.74) is 2.22. The minimum Gasteiger partial charge on any atom is -0.456 e. The molecule has 2 aromatic carbocycles. The summed E-state index contributed by atoms with van der Waals surface area (Å²) in [7, 11) is 0. The van der Waals surface area contributed by atoms with Gasteiger partial charge in [0.25, 0.3) is 0 Å². The lowest BCUT2D eigenvalue weighted by Gasteiger charge is -2.12. The second-order valence-electron chi connectivity index (χ2n) is 4.95. The molecular weight excluding hydrogens is 350 g/mol. The largest absolute Gasteiger partial charge is 0.456 e. The van der Waals surface area contributed by atoms with Gasteiger partial charge >= 0.3 is 0 Å². The highest BCUT2D eigenvalue weighted by molar-refractivity contribution is 9.10. The predicted molar refractivity (Wildman–Crippen MR) is 92.4 cm³/mol. The maximum Gasteiger partial charge on any atom is 0.146 e. The van der Waals surface area contributed by atoms with Crippen LogP contribution in [0.5, 0.6) is 11.5 Å². The van der Waals surface area contributed by atoms with Crippen LogP contribution in [0.3, 0.4) is 0 Å². The van der Waals surface area contributed by atoms with Gasteiger partial charge in [0.05, 0.1) is 5.02 Å². The SMILES string of the molecule is CCCNCc1ccc(Oc2ccc(Br)cc2C)c(Cl)c1.